The largest absolute Gasteiger partial charge is 0.494 e. The Kier molecular flexibility index (Phi) is 5.69. The van der Waals surface area contributed by atoms with Gasteiger partial charge in [0, 0.05) is 12.6 Å². The van der Waals surface area contributed by atoms with Crippen LogP contribution < -0.4 is 10.1 Å². The minimum Gasteiger partial charge on any atom is -0.494 e. The second-order valence-electron chi connectivity index (χ2n) is 4.78. The summed E-state index contributed by atoms with van der Waals surface area (Å²) < 4.78 is 31.5. The third kappa shape index (κ3) is 5.16. The van der Waals surface area contributed by atoms with Crippen molar-refractivity contribution < 1.29 is 13.5 Å². The molecule has 2 rings (SSSR count). The molecule has 0 aliphatic carbocycles. The van der Waals surface area contributed by atoms with Gasteiger partial charge in [0.05, 0.1) is 6.61 Å². The fourth-order valence-corrected chi connectivity index (χ4v) is 2.13. The molecule has 0 heterocycles. The van der Waals surface area contributed by atoms with Gasteiger partial charge in [-0.1, -0.05) is 12.1 Å². The summed E-state index contributed by atoms with van der Waals surface area (Å²) in [6.45, 7) is 3.94. The van der Waals surface area contributed by atoms with E-state index in [0.717, 1.165) is 17.4 Å². The van der Waals surface area contributed by atoms with Crippen molar-refractivity contribution in [3.8, 4) is 5.75 Å². The number of halogens is 2. The van der Waals surface area contributed by atoms with Crippen LogP contribution >= 0.6 is 0 Å². The molecule has 1 N–H and O–H groups in total. The van der Waals surface area contributed by atoms with Crippen LogP contribution in [0.2, 0.25) is 0 Å². The summed E-state index contributed by atoms with van der Waals surface area (Å²) in [5, 5.41) is 3.26. The lowest BCUT2D eigenvalue weighted by molar-refractivity contribution is 0.340. The Balaban J connectivity index is 1.80. The fraction of sp³-hybridized carbons (Fsp3) is 0.294. The lowest BCUT2D eigenvalue weighted by atomic mass is 10.1. The molecule has 112 valence electrons. The Labute approximate surface area is 123 Å². The maximum absolute atomic E-state index is 13.0. The summed E-state index contributed by atoms with van der Waals surface area (Å²) in [6.07, 6.45) is 0.583. The number of rotatable bonds is 7. The van der Waals surface area contributed by atoms with Crippen LogP contribution in [0.5, 0.6) is 5.75 Å². The van der Waals surface area contributed by atoms with Crippen molar-refractivity contribution in [1.82, 2.24) is 5.32 Å². The van der Waals surface area contributed by atoms with Crippen LogP contribution in [-0.2, 0) is 13.0 Å². The number of nitrogens with one attached hydrogen (secondary N) is 1. The predicted octanol–water partition coefficient (Wildman–Crippen LogP) is 3.70. The molecule has 2 nitrogen and oxygen atoms in total. The first-order chi connectivity index (χ1) is 10.2. The summed E-state index contributed by atoms with van der Waals surface area (Å²) in [5.41, 5.74) is 1.77. The highest BCUT2D eigenvalue weighted by Gasteiger charge is 2.01. The Morgan fingerprint density at radius 1 is 1.00 bits per heavy atom. The van der Waals surface area contributed by atoms with E-state index < -0.39 is 11.6 Å². The van der Waals surface area contributed by atoms with Gasteiger partial charge in [0.1, 0.15) is 17.4 Å². The molecule has 2 aromatic rings. The minimum atomic E-state index is -0.533. The van der Waals surface area contributed by atoms with E-state index in [4.69, 9.17) is 4.74 Å². The molecule has 0 spiro atoms. The van der Waals surface area contributed by atoms with Crippen molar-refractivity contribution in [2.75, 3.05) is 13.2 Å². The monoisotopic (exact) mass is 291 g/mol. The van der Waals surface area contributed by atoms with Crippen molar-refractivity contribution in [3.05, 3.63) is 65.2 Å². The van der Waals surface area contributed by atoms with Crippen molar-refractivity contribution in [3.63, 3.8) is 0 Å². The maximum atomic E-state index is 13.0. The predicted molar refractivity (Wildman–Crippen MR) is 79.4 cm³/mol. The van der Waals surface area contributed by atoms with Gasteiger partial charge in [0.15, 0.2) is 0 Å². The number of benzene rings is 2. The Morgan fingerprint density at radius 3 is 2.48 bits per heavy atom. The van der Waals surface area contributed by atoms with Gasteiger partial charge in [-0.2, -0.15) is 0 Å². The molecule has 0 saturated heterocycles. The third-order valence-corrected chi connectivity index (χ3v) is 3.05. The summed E-state index contributed by atoms with van der Waals surface area (Å²) in [4.78, 5) is 0. The van der Waals surface area contributed by atoms with Crippen LogP contribution in [0.1, 0.15) is 18.1 Å². The van der Waals surface area contributed by atoms with Crippen molar-refractivity contribution in [1.29, 1.82) is 0 Å². The molecule has 21 heavy (non-hydrogen) atoms. The normalized spacial score (nSPS) is 10.6. The highest BCUT2D eigenvalue weighted by molar-refractivity contribution is 5.28. The van der Waals surface area contributed by atoms with Crippen LogP contribution in [-0.4, -0.2) is 13.2 Å². The van der Waals surface area contributed by atoms with Gasteiger partial charge in [0.2, 0.25) is 0 Å². The molecular weight excluding hydrogens is 272 g/mol. The molecule has 0 radical (unpaired) electrons. The van der Waals surface area contributed by atoms with E-state index in [1.165, 1.54) is 12.1 Å². The topological polar surface area (TPSA) is 21.3 Å². The average molecular weight is 291 g/mol. The second-order valence-corrected chi connectivity index (χ2v) is 4.78. The maximum Gasteiger partial charge on any atom is 0.126 e. The molecule has 2 aromatic carbocycles. The van der Waals surface area contributed by atoms with E-state index in [0.29, 0.717) is 31.7 Å². The number of hydrogen-bond acceptors (Lipinski definition) is 2. The van der Waals surface area contributed by atoms with Gasteiger partial charge in [-0.05, 0) is 55.3 Å². The molecule has 0 atom stereocenters. The summed E-state index contributed by atoms with van der Waals surface area (Å²) in [6, 6.07) is 11.5. The highest BCUT2D eigenvalue weighted by atomic mass is 19.1. The summed E-state index contributed by atoms with van der Waals surface area (Å²) in [7, 11) is 0. The van der Waals surface area contributed by atoms with Crippen LogP contribution in [0.4, 0.5) is 8.78 Å². The van der Waals surface area contributed by atoms with Crippen molar-refractivity contribution in [2.45, 2.75) is 19.9 Å². The third-order valence-electron chi connectivity index (χ3n) is 3.05. The van der Waals surface area contributed by atoms with Gasteiger partial charge in [-0.25, -0.2) is 8.78 Å². The van der Waals surface area contributed by atoms with Gasteiger partial charge >= 0.3 is 0 Å². The lowest BCUT2D eigenvalue weighted by Gasteiger charge is -2.08. The standard InChI is InChI=1S/C17H19F2NO/c1-2-21-17-5-3-4-14(10-17)12-20-7-6-13-8-15(18)11-16(19)9-13/h3-5,8-11,20H,2,6-7,12H2,1H3. The minimum absolute atomic E-state index is 0.533. The number of ether oxygens (including phenoxy) is 1. The highest BCUT2D eigenvalue weighted by Crippen LogP contribution is 2.13. The molecule has 0 aromatic heterocycles. The molecule has 0 unspecified atom stereocenters. The van der Waals surface area contributed by atoms with Gasteiger partial charge < -0.3 is 10.1 Å². The van der Waals surface area contributed by atoms with Crippen LogP contribution in [0, 0.1) is 11.6 Å². The van der Waals surface area contributed by atoms with E-state index in [-0.39, 0.29) is 0 Å². The second kappa shape index (κ2) is 7.74. The zero-order valence-corrected chi connectivity index (χ0v) is 12.0. The molecule has 0 bridgehead atoms. The molecule has 0 fully saturated rings. The van der Waals surface area contributed by atoms with E-state index >= 15 is 0 Å². The van der Waals surface area contributed by atoms with E-state index in [2.05, 4.69) is 5.32 Å². The number of hydrogen-bond donors (Lipinski definition) is 1. The first-order valence-corrected chi connectivity index (χ1v) is 7.05. The molecule has 0 aliphatic heterocycles. The molecular formula is C17H19F2NO. The Morgan fingerprint density at radius 2 is 1.76 bits per heavy atom. The fourth-order valence-electron chi connectivity index (χ4n) is 2.13. The molecule has 0 aliphatic rings. The Hall–Kier alpha value is -1.94. The van der Waals surface area contributed by atoms with Crippen LogP contribution in [0.15, 0.2) is 42.5 Å². The van der Waals surface area contributed by atoms with E-state index in [1.54, 1.807) is 0 Å². The Bertz CT molecular complexity index is 567. The molecule has 0 amide bonds. The van der Waals surface area contributed by atoms with Crippen LogP contribution in [0.3, 0.4) is 0 Å². The van der Waals surface area contributed by atoms with Gasteiger partial charge in [-0.15, -0.1) is 0 Å². The summed E-state index contributed by atoms with van der Waals surface area (Å²) in [5.74, 6) is -0.215. The van der Waals surface area contributed by atoms with E-state index in [1.807, 2.05) is 31.2 Å². The van der Waals surface area contributed by atoms with Gasteiger partial charge in [0.25, 0.3) is 0 Å². The first-order valence-electron chi connectivity index (χ1n) is 7.05. The quantitative estimate of drug-likeness (QED) is 0.785. The van der Waals surface area contributed by atoms with Crippen molar-refractivity contribution in [2.24, 2.45) is 0 Å². The summed E-state index contributed by atoms with van der Waals surface area (Å²) >= 11 is 0. The van der Waals surface area contributed by atoms with E-state index in [9.17, 15) is 8.78 Å². The molecule has 4 heteroatoms. The zero-order valence-electron chi connectivity index (χ0n) is 12.0. The SMILES string of the molecule is CCOc1cccc(CNCCc2cc(F)cc(F)c2)c1. The van der Waals surface area contributed by atoms with Crippen LogP contribution in [0.25, 0.3) is 0 Å². The zero-order chi connectivity index (χ0) is 15.1. The van der Waals surface area contributed by atoms with Gasteiger partial charge in [-0.3, -0.25) is 0 Å². The average Bonchev–Trinajstić information content (AvgIpc) is 2.43. The van der Waals surface area contributed by atoms with Crippen molar-refractivity contribution >= 4 is 0 Å². The first kappa shape index (κ1) is 15.4. The molecule has 0 saturated carbocycles. The lowest BCUT2D eigenvalue weighted by Crippen LogP contribution is -2.16. The smallest absolute Gasteiger partial charge is 0.126 e.